The first-order valence-corrected chi connectivity index (χ1v) is 6.68. The fourth-order valence-corrected chi connectivity index (χ4v) is 3.11. The van der Waals surface area contributed by atoms with Crippen LogP contribution in [-0.4, -0.2) is 53.7 Å². The Morgan fingerprint density at radius 3 is 1.87 bits per heavy atom. The lowest BCUT2D eigenvalue weighted by molar-refractivity contribution is 0.122. The van der Waals surface area contributed by atoms with Crippen molar-refractivity contribution in [2.45, 2.75) is 24.9 Å². The smallest absolute Gasteiger partial charge is 0.377 e. The molecule has 4 N–H and O–H groups in total. The maximum atomic E-state index is 5.83. The molecule has 0 saturated carbocycles. The third kappa shape index (κ3) is 6.41. The molecule has 0 aliphatic heterocycles. The molecule has 1 atom stereocenters. The Morgan fingerprint density at radius 1 is 1.07 bits per heavy atom. The van der Waals surface area contributed by atoms with Crippen molar-refractivity contribution in [2.75, 3.05) is 27.9 Å². The van der Waals surface area contributed by atoms with Crippen LogP contribution in [0.15, 0.2) is 0 Å². The minimum Gasteiger partial charge on any atom is -0.377 e. The molecule has 0 heterocycles. The van der Waals surface area contributed by atoms with E-state index in [1.165, 1.54) is 0 Å². The Kier molecular flexibility index (Phi) is 11.1. The van der Waals surface area contributed by atoms with E-state index >= 15 is 0 Å². The van der Waals surface area contributed by atoms with Gasteiger partial charge in [0, 0.05) is 33.4 Å². The molecule has 0 spiro atoms. The fraction of sp³-hybridized carbons (Fsp3) is 1.00. The van der Waals surface area contributed by atoms with Gasteiger partial charge in [-0.2, -0.15) is 0 Å². The summed E-state index contributed by atoms with van der Waals surface area (Å²) < 4.78 is 15.8. The molecule has 0 rings (SSSR count). The van der Waals surface area contributed by atoms with Gasteiger partial charge in [0.05, 0.1) is 0 Å². The molecule has 0 aromatic rings. The molecule has 7 heteroatoms. The van der Waals surface area contributed by atoms with Crippen LogP contribution in [0.4, 0.5) is 0 Å². The normalized spacial score (nSPS) is 13.4. The highest BCUT2D eigenvalue weighted by Crippen LogP contribution is 2.16. The molecule has 0 aliphatic rings. The summed E-state index contributed by atoms with van der Waals surface area (Å²) in [6.45, 7) is 0.614. The van der Waals surface area contributed by atoms with Gasteiger partial charge in [-0.15, -0.1) is 0 Å². The molecule has 0 aromatic heterocycles. The first-order chi connectivity index (χ1) is 6.64. The zero-order valence-electron chi connectivity index (χ0n) is 9.29. The van der Waals surface area contributed by atoms with Crippen LogP contribution < -0.4 is 11.5 Å². The highest BCUT2D eigenvalue weighted by atomic mass is 28.4. The molecule has 0 amide bonds. The summed E-state index contributed by atoms with van der Waals surface area (Å²) in [5.74, 6) is 0. The van der Waals surface area contributed by atoms with E-state index in [0.29, 0.717) is 6.54 Å². The van der Waals surface area contributed by atoms with E-state index < -0.39 is 8.80 Å². The van der Waals surface area contributed by atoms with E-state index in [1.54, 1.807) is 21.3 Å². The molecule has 0 saturated heterocycles. The molecular weight excluding hydrogens is 228 g/mol. The van der Waals surface area contributed by atoms with Crippen LogP contribution in [0.3, 0.4) is 0 Å². The van der Waals surface area contributed by atoms with E-state index in [4.69, 9.17) is 24.7 Å². The van der Waals surface area contributed by atoms with Gasteiger partial charge < -0.3 is 24.7 Å². The summed E-state index contributed by atoms with van der Waals surface area (Å²) in [7, 11) is 2.38. The second-order valence-corrected chi connectivity index (χ2v) is 6.26. The van der Waals surface area contributed by atoms with Gasteiger partial charge >= 0.3 is 8.80 Å². The number of nitrogens with two attached hydrogens (primary N) is 2. The van der Waals surface area contributed by atoms with Gasteiger partial charge in [-0.1, -0.05) is 0 Å². The molecule has 94 valence electrons. The summed E-state index contributed by atoms with van der Waals surface area (Å²) in [4.78, 5) is 0. The second-order valence-electron chi connectivity index (χ2n) is 3.17. The second kappa shape index (κ2) is 9.46. The van der Waals surface area contributed by atoms with Gasteiger partial charge in [-0.25, -0.2) is 0 Å². The van der Waals surface area contributed by atoms with E-state index in [9.17, 15) is 0 Å². The van der Waals surface area contributed by atoms with Crippen LogP contribution in [0.25, 0.3) is 0 Å². The molecule has 0 aromatic carbocycles. The van der Waals surface area contributed by atoms with Crippen LogP contribution in [0.2, 0.25) is 6.04 Å². The maximum Gasteiger partial charge on any atom is 0.500 e. The molecule has 1 unspecified atom stereocenters. The predicted octanol–water partition coefficient (Wildman–Crippen LogP) is -1.52. The Morgan fingerprint density at radius 2 is 1.53 bits per heavy atom. The summed E-state index contributed by atoms with van der Waals surface area (Å²) in [5, 5.41) is 0. The molecule has 5 nitrogen and oxygen atoms in total. The largest absolute Gasteiger partial charge is 0.500 e. The van der Waals surface area contributed by atoms with E-state index in [0.717, 1.165) is 18.9 Å². The lowest BCUT2D eigenvalue weighted by Gasteiger charge is -2.25. The van der Waals surface area contributed by atoms with Crippen LogP contribution in [0.1, 0.15) is 12.8 Å². The van der Waals surface area contributed by atoms with Gasteiger partial charge in [0.15, 0.2) is 0 Å². The molecule has 15 heavy (non-hydrogen) atoms. The van der Waals surface area contributed by atoms with Crippen molar-refractivity contribution in [3.05, 3.63) is 0 Å². The zero-order valence-corrected chi connectivity index (χ0v) is 10.3. The van der Waals surface area contributed by atoms with Crippen molar-refractivity contribution in [2.24, 2.45) is 11.5 Å². The van der Waals surface area contributed by atoms with Crippen molar-refractivity contribution in [3.8, 4) is 0 Å². The quantitative estimate of drug-likeness (QED) is 0.514. The van der Waals surface area contributed by atoms with Crippen molar-refractivity contribution >= 4 is 19.8 Å². The first kappa shape index (κ1) is 17.6. The van der Waals surface area contributed by atoms with Crippen LogP contribution >= 0.6 is 0 Å². The number of hydrogen-bond acceptors (Lipinski definition) is 5. The molecule has 0 radical (unpaired) electrons. The van der Waals surface area contributed by atoms with E-state index in [2.05, 4.69) is 0 Å². The average Bonchev–Trinajstić information content (AvgIpc) is 2.21. The van der Waals surface area contributed by atoms with Crippen molar-refractivity contribution in [1.29, 1.82) is 0 Å². The molecular formula is C8H26N2O3Si2. The minimum absolute atomic E-state index is 0. The van der Waals surface area contributed by atoms with E-state index in [1.807, 2.05) is 0 Å². The minimum atomic E-state index is -2.43. The number of hydrogen-bond donors (Lipinski definition) is 2. The van der Waals surface area contributed by atoms with Crippen LogP contribution in [0, 0.1) is 0 Å². The van der Waals surface area contributed by atoms with E-state index in [-0.39, 0.29) is 17.0 Å². The summed E-state index contributed by atoms with van der Waals surface area (Å²) in [6, 6.07) is 0.838. The highest BCUT2D eigenvalue weighted by Gasteiger charge is 2.37. The summed E-state index contributed by atoms with van der Waals surface area (Å²) in [5.41, 5.74) is 11.2. The van der Waals surface area contributed by atoms with Crippen molar-refractivity contribution in [1.82, 2.24) is 0 Å². The van der Waals surface area contributed by atoms with Crippen LogP contribution in [-0.2, 0) is 13.3 Å². The summed E-state index contributed by atoms with van der Waals surface area (Å²) in [6.07, 6.45) is 1.64. The SMILES string of the molecule is CO[Si](CCC(N)CCN)(OC)OC.[SiH4]. The summed E-state index contributed by atoms with van der Waals surface area (Å²) >= 11 is 0. The highest BCUT2D eigenvalue weighted by molar-refractivity contribution is 6.60. The maximum absolute atomic E-state index is 5.83. The predicted molar refractivity (Wildman–Crippen MR) is 69.2 cm³/mol. The molecule has 0 aliphatic carbocycles. The molecule has 0 bridgehead atoms. The molecule has 0 fully saturated rings. The van der Waals surface area contributed by atoms with Crippen molar-refractivity contribution < 1.29 is 13.3 Å². The standard InChI is InChI=1S/C8H22N2O3Si.H4Si/c1-11-14(12-2,13-3)7-5-8(10)4-6-9;/h8H,4-7,9-10H2,1-3H3;1H4. The van der Waals surface area contributed by atoms with Gasteiger partial charge in [0.25, 0.3) is 0 Å². The average molecular weight is 254 g/mol. The van der Waals surface area contributed by atoms with Gasteiger partial charge in [0.1, 0.15) is 0 Å². The topological polar surface area (TPSA) is 79.7 Å². The Labute approximate surface area is 97.8 Å². The third-order valence-electron chi connectivity index (χ3n) is 2.29. The van der Waals surface area contributed by atoms with Gasteiger partial charge in [-0.05, 0) is 30.4 Å². The first-order valence-electron chi connectivity index (χ1n) is 4.75. The Hall–Kier alpha value is 0.234. The van der Waals surface area contributed by atoms with Crippen LogP contribution in [0.5, 0.6) is 0 Å². The van der Waals surface area contributed by atoms with Gasteiger partial charge in [-0.3, -0.25) is 0 Å². The zero-order chi connectivity index (χ0) is 11.0. The monoisotopic (exact) mass is 254 g/mol. The third-order valence-corrected chi connectivity index (χ3v) is 5.06. The number of rotatable bonds is 8. The Bertz CT molecular complexity index is 140. The lowest BCUT2D eigenvalue weighted by Crippen LogP contribution is -2.44. The fourth-order valence-electron chi connectivity index (χ4n) is 1.28. The van der Waals surface area contributed by atoms with Gasteiger partial charge in [0.2, 0.25) is 0 Å². The Balaban J connectivity index is 0. The van der Waals surface area contributed by atoms with Crippen molar-refractivity contribution in [3.63, 3.8) is 0 Å². The lowest BCUT2D eigenvalue weighted by atomic mass is 10.2.